The summed E-state index contributed by atoms with van der Waals surface area (Å²) in [4.78, 5) is 11.3. The predicted octanol–water partition coefficient (Wildman–Crippen LogP) is 3.93. The first kappa shape index (κ1) is 12.7. The Morgan fingerprint density at radius 2 is 2.00 bits per heavy atom. The summed E-state index contributed by atoms with van der Waals surface area (Å²) in [5, 5.41) is 0. The molecule has 0 aliphatic carbocycles. The fourth-order valence-electron chi connectivity index (χ4n) is 1.54. The van der Waals surface area contributed by atoms with Crippen LogP contribution in [0.5, 0.6) is 0 Å². The predicted molar refractivity (Wildman–Crippen MR) is 68.4 cm³/mol. The zero-order chi connectivity index (χ0) is 11.6. The van der Waals surface area contributed by atoms with Crippen LogP contribution >= 0.6 is 0 Å². The van der Waals surface area contributed by atoms with Crippen LogP contribution in [-0.2, 0) is 11.2 Å². The van der Waals surface area contributed by atoms with E-state index in [4.69, 9.17) is 0 Å². The van der Waals surface area contributed by atoms with E-state index in [9.17, 15) is 4.79 Å². The summed E-state index contributed by atoms with van der Waals surface area (Å²) in [6.45, 7) is 2.10. The molecule has 0 unspecified atom stereocenters. The normalized spacial score (nSPS) is 10.8. The second-order valence-electron chi connectivity index (χ2n) is 4.00. The average Bonchev–Trinajstić information content (AvgIpc) is 2.33. The van der Waals surface area contributed by atoms with Gasteiger partial charge in [0.05, 0.1) is 0 Å². The fourth-order valence-corrected chi connectivity index (χ4v) is 1.54. The van der Waals surface area contributed by atoms with E-state index in [1.807, 2.05) is 24.3 Å². The second kappa shape index (κ2) is 7.86. The first-order chi connectivity index (χ1) is 7.83. The molecule has 0 spiro atoms. The number of carbonyl (C=O) groups excluding carboxylic acids is 1. The molecule has 16 heavy (non-hydrogen) atoms. The number of rotatable bonds is 7. The van der Waals surface area contributed by atoms with Crippen molar-refractivity contribution in [2.75, 3.05) is 0 Å². The number of hydrogen-bond donors (Lipinski definition) is 0. The van der Waals surface area contributed by atoms with Gasteiger partial charge in [-0.3, -0.25) is 4.79 Å². The van der Waals surface area contributed by atoms with Gasteiger partial charge in [-0.05, 0) is 30.9 Å². The Bertz CT molecular complexity index is 325. The summed E-state index contributed by atoms with van der Waals surface area (Å²) >= 11 is 0. The number of aryl methyl sites for hydroxylation is 1. The molecular weight excluding hydrogens is 196 g/mol. The third kappa shape index (κ3) is 5.50. The van der Waals surface area contributed by atoms with Crippen LogP contribution in [0.15, 0.2) is 42.5 Å². The van der Waals surface area contributed by atoms with Crippen molar-refractivity contribution < 1.29 is 4.79 Å². The van der Waals surface area contributed by atoms with Crippen LogP contribution in [0, 0.1) is 0 Å². The van der Waals surface area contributed by atoms with E-state index < -0.39 is 0 Å². The lowest BCUT2D eigenvalue weighted by Crippen LogP contribution is -1.91. The zero-order valence-corrected chi connectivity index (χ0v) is 9.99. The number of allylic oxidation sites excluding steroid dienone is 2. The van der Waals surface area contributed by atoms with Crippen molar-refractivity contribution in [3.8, 4) is 0 Å². The summed E-state index contributed by atoms with van der Waals surface area (Å²) in [7, 11) is 0. The maximum Gasteiger partial charge on any atom is 0.155 e. The van der Waals surface area contributed by atoms with Crippen molar-refractivity contribution in [2.45, 2.75) is 39.0 Å². The Hall–Kier alpha value is -1.37. The van der Waals surface area contributed by atoms with Crippen molar-refractivity contribution in [3.63, 3.8) is 0 Å². The molecule has 0 atom stereocenters. The van der Waals surface area contributed by atoms with Gasteiger partial charge in [-0.15, -0.1) is 0 Å². The average molecular weight is 216 g/mol. The molecule has 1 aromatic rings. The van der Waals surface area contributed by atoms with Gasteiger partial charge in [-0.2, -0.15) is 0 Å². The molecule has 86 valence electrons. The van der Waals surface area contributed by atoms with Crippen molar-refractivity contribution >= 4 is 5.78 Å². The fraction of sp³-hybridized carbons (Fsp3) is 0.400. The van der Waals surface area contributed by atoms with E-state index in [2.05, 4.69) is 19.1 Å². The molecule has 0 heterocycles. The van der Waals surface area contributed by atoms with Crippen molar-refractivity contribution in [3.05, 3.63) is 48.0 Å². The number of hydrogen-bond acceptors (Lipinski definition) is 1. The highest BCUT2D eigenvalue weighted by Crippen LogP contribution is 2.03. The highest BCUT2D eigenvalue weighted by atomic mass is 16.1. The molecule has 0 amide bonds. The number of benzene rings is 1. The van der Waals surface area contributed by atoms with Crippen molar-refractivity contribution in [1.82, 2.24) is 0 Å². The third-order valence-electron chi connectivity index (χ3n) is 2.52. The lowest BCUT2D eigenvalue weighted by atomic mass is 10.1. The first-order valence-corrected chi connectivity index (χ1v) is 6.06. The van der Waals surface area contributed by atoms with E-state index in [1.165, 1.54) is 5.56 Å². The largest absolute Gasteiger partial charge is 0.295 e. The standard InChI is InChI=1S/C15H20O/c1-2-3-12-15(16)13-8-7-11-14-9-5-4-6-10-14/h4-6,8-10,13H,2-3,7,11-12H2,1H3/b13-8-. The number of unbranched alkanes of at least 4 members (excludes halogenated alkanes) is 1. The Labute approximate surface area is 98.2 Å². The van der Waals surface area contributed by atoms with Crippen LogP contribution < -0.4 is 0 Å². The minimum absolute atomic E-state index is 0.259. The maximum absolute atomic E-state index is 11.3. The summed E-state index contributed by atoms with van der Waals surface area (Å²) < 4.78 is 0. The molecular formula is C15H20O. The van der Waals surface area contributed by atoms with Gasteiger partial charge in [0.2, 0.25) is 0 Å². The minimum Gasteiger partial charge on any atom is -0.295 e. The van der Waals surface area contributed by atoms with E-state index >= 15 is 0 Å². The highest BCUT2D eigenvalue weighted by molar-refractivity contribution is 5.89. The Kier molecular flexibility index (Phi) is 6.24. The molecule has 0 bridgehead atoms. The van der Waals surface area contributed by atoms with Gasteiger partial charge in [-0.25, -0.2) is 0 Å². The SMILES string of the molecule is CCCCC(=O)/C=C\CCc1ccccc1. The lowest BCUT2D eigenvalue weighted by molar-refractivity contribution is -0.114. The van der Waals surface area contributed by atoms with Gasteiger partial charge in [0.15, 0.2) is 5.78 Å². The monoisotopic (exact) mass is 216 g/mol. The molecule has 0 saturated carbocycles. The Morgan fingerprint density at radius 1 is 1.25 bits per heavy atom. The van der Waals surface area contributed by atoms with Gasteiger partial charge >= 0.3 is 0 Å². The molecule has 0 saturated heterocycles. The van der Waals surface area contributed by atoms with Gasteiger partial charge < -0.3 is 0 Å². The van der Waals surface area contributed by atoms with Gasteiger partial charge in [0.25, 0.3) is 0 Å². The number of ketones is 1. The van der Waals surface area contributed by atoms with E-state index in [0.717, 1.165) is 25.7 Å². The van der Waals surface area contributed by atoms with Crippen LogP contribution in [0.4, 0.5) is 0 Å². The summed E-state index contributed by atoms with van der Waals surface area (Å²) in [6, 6.07) is 10.4. The van der Waals surface area contributed by atoms with Gasteiger partial charge in [-0.1, -0.05) is 49.8 Å². The van der Waals surface area contributed by atoms with Crippen LogP contribution in [0.3, 0.4) is 0 Å². The third-order valence-corrected chi connectivity index (χ3v) is 2.52. The van der Waals surface area contributed by atoms with Crippen LogP contribution in [0.25, 0.3) is 0 Å². The van der Waals surface area contributed by atoms with E-state index in [-0.39, 0.29) is 5.78 Å². The zero-order valence-electron chi connectivity index (χ0n) is 9.99. The van der Waals surface area contributed by atoms with Crippen molar-refractivity contribution in [1.29, 1.82) is 0 Å². The molecule has 1 heteroatoms. The quantitative estimate of drug-likeness (QED) is 0.631. The number of carbonyl (C=O) groups is 1. The minimum atomic E-state index is 0.259. The molecule has 0 radical (unpaired) electrons. The summed E-state index contributed by atoms with van der Waals surface area (Å²) in [5.41, 5.74) is 1.33. The summed E-state index contributed by atoms with van der Waals surface area (Å²) in [5.74, 6) is 0.259. The van der Waals surface area contributed by atoms with Crippen molar-refractivity contribution in [2.24, 2.45) is 0 Å². The second-order valence-corrected chi connectivity index (χ2v) is 4.00. The molecule has 1 aromatic carbocycles. The molecule has 1 nitrogen and oxygen atoms in total. The Morgan fingerprint density at radius 3 is 2.69 bits per heavy atom. The van der Waals surface area contributed by atoms with Crippen LogP contribution in [-0.4, -0.2) is 5.78 Å². The molecule has 0 N–H and O–H groups in total. The highest BCUT2D eigenvalue weighted by Gasteiger charge is 1.94. The smallest absolute Gasteiger partial charge is 0.155 e. The van der Waals surface area contributed by atoms with Crippen LogP contribution in [0.1, 0.15) is 38.2 Å². The van der Waals surface area contributed by atoms with E-state index in [0.29, 0.717) is 6.42 Å². The molecule has 0 aliphatic heterocycles. The van der Waals surface area contributed by atoms with E-state index in [1.54, 1.807) is 6.08 Å². The molecule has 1 rings (SSSR count). The maximum atomic E-state index is 11.3. The van der Waals surface area contributed by atoms with Crippen LogP contribution in [0.2, 0.25) is 0 Å². The van der Waals surface area contributed by atoms with Gasteiger partial charge in [0.1, 0.15) is 0 Å². The van der Waals surface area contributed by atoms with Gasteiger partial charge in [0, 0.05) is 6.42 Å². The summed E-state index contributed by atoms with van der Waals surface area (Å²) in [6.07, 6.45) is 8.47. The lowest BCUT2D eigenvalue weighted by Gasteiger charge is -1.96. The Balaban J connectivity index is 2.20. The first-order valence-electron chi connectivity index (χ1n) is 6.06. The molecule has 0 aromatic heterocycles. The molecule has 0 fully saturated rings. The topological polar surface area (TPSA) is 17.1 Å². The molecule has 0 aliphatic rings.